The van der Waals surface area contributed by atoms with Crippen molar-refractivity contribution in [1.29, 1.82) is 0 Å². The first-order valence-electron chi connectivity index (χ1n) is 7.40. The summed E-state index contributed by atoms with van der Waals surface area (Å²) in [6.07, 6.45) is 4.78. The SMILES string of the molecule is CCC.CCCC(=O)O.CCCC(=O)OC.CCCN. The number of carboxylic acid groups (broad SMARTS) is 1. The van der Waals surface area contributed by atoms with E-state index in [1.807, 2.05) is 13.8 Å². The Hall–Kier alpha value is -1.10. The van der Waals surface area contributed by atoms with E-state index in [-0.39, 0.29) is 5.97 Å². The summed E-state index contributed by atoms with van der Waals surface area (Å²) in [4.78, 5) is 19.8. The minimum atomic E-state index is -0.711. The fourth-order valence-electron chi connectivity index (χ4n) is 0.520. The standard InChI is InChI=1S/C5H10O2.C4H8O2.C3H9N.C3H8/c1-3-4-5(6)7-2;1-2-3-4(5)6;1-2-3-4;1-3-2/h3-4H2,1-2H3;2-3H2,1H3,(H,5,6);2-4H2,1H3;3H2,1-2H3. The van der Waals surface area contributed by atoms with Gasteiger partial charge in [-0.3, -0.25) is 9.59 Å². The lowest BCUT2D eigenvalue weighted by Crippen LogP contribution is -1.97. The fourth-order valence-corrected chi connectivity index (χ4v) is 0.520. The molecule has 3 N–H and O–H groups in total. The highest BCUT2D eigenvalue weighted by Gasteiger charge is 1.92. The van der Waals surface area contributed by atoms with Gasteiger partial charge in [-0.15, -0.1) is 0 Å². The number of hydrogen-bond donors (Lipinski definition) is 2. The van der Waals surface area contributed by atoms with Crippen molar-refractivity contribution in [3.63, 3.8) is 0 Å². The molecule has 0 bridgehead atoms. The average Bonchev–Trinajstić information content (AvgIpc) is 2.40. The third-order valence-corrected chi connectivity index (χ3v) is 1.43. The van der Waals surface area contributed by atoms with Gasteiger partial charge >= 0.3 is 11.9 Å². The summed E-state index contributed by atoms with van der Waals surface area (Å²) >= 11 is 0. The summed E-state index contributed by atoms with van der Waals surface area (Å²) in [6, 6.07) is 0. The van der Waals surface area contributed by atoms with Gasteiger partial charge in [-0.2, -0.15) is 0 Å². The van der Waals surface area contributed by atoms with E-state index in [1.54, 1.807) is 0 Å². The summed E-state index contributed by atoms with van der Waals surface area (Å²) in [5, 5.41) is 7.91. The molecule has 0 atom stereocenters. The van der Waals surface area contributed by atoms with E-state index in [2.05, 4.69) is 25.5 Å². The Labute approximate surface area is 124 Å². The minimum absolute atomic E-state index is 0.123. The van der Waals surface area contributed by atoms with Gasteiger partial charge in [0, 0.05) is 12.8 Å². The van der Waals surface area contributed by atoms with Crippen LogP contribution in [0.1, 0.15) is 73.1 Å². The highest BCUT2D eigenvalue weighted by Crippen LogP contribution is 1.86. The van der Waals surface area contributed by atoms with Gasteiger partial charge < -0.3 is 15.6 Å². The molecule has 0 unspecified atom stereocenters. The lowest BCUT2D eigenvalue weighted by Gasteiger charge is -1.91. The molecule has 0 saturated carbocycles. The lowest BCUT2D eigenvalue weighted by molar-refractivity contribution is -0.140. The van der Waals surface area contributed by atoms with Crippen LogP contribution in [-0.2, 0) is 14.3 Å². The number of hydrogen-bond acceptors (Lipinski definition) is 4. The minimum Gasteiger partial charge on any atom is -0.481 e. The Morgan fingerprint density at radius 1 is 0.950 bits per heavy atom. The number of carbonyl (C=O) groups is 2. The number of carboxylic acids is 1. The van der Waals surface area contributed by atoms with Gasteiger partial charge in [0.05, 0.1) is 7.11 Å². The number of rotatable bonds is 5. The zero-order valence-electron chi connectivity index (χ0n) is 14.2. The fraction of sp³-hybridized carbons (Fsp3) is 0.867. The van der Waals surface area contributed by atoms with Gasteiger partial charge in [-0.25, -0.2) is 0 Å². The number of aliphatic carboxylic acids is 1. The maximum Gasteiger partial charge on any atom is 0.305 e. The summed E-state index contributed by atoms with van der Waals surface area (Å²) < 4.78 is 4.35. The third-order valence-electron chi connectivity index (χ3n) is 1.43. The first-order chi connectivity index (χ1) is 9.41. The molecule has 0 rings (SSSR count). The lowest BCUT2D eigenvalue weighted by atomic mass is 10.3. The predicted octanol–water partition coefficient (Wildman–Crippen LogP) is 3.60. The van der Waals surface area contributed by atoms with Crippen molar-refractivity contribution in [3.05, 3.63) is 0 Å². The second kappa shape index (κ2) is 30.7. The number of carbonyl (C=O) groups excluding carboxylic acids is 1. The van der Waals surface area contributed by atoms with Crippen molar-refractivity contribution in [1.82, 2.24) is 0 Å². The second-order valence-electron chi connectivity index (χ2n) is 3.97. The summed E-state index contributed by atoms with van der Waals surface area (Å²) in [6.45, 7) is 10.9. The Morgan fingerprint density at radius 2 is 1.30 bits per heavy atom. The molecule has 0 fully saturated rings. The number of methoxy groups -OCH3 is 1. The van der Waals surface area contributed by atoms with Crippen molar-refractivity contribution in [2.45, 2.75) is 73.1 Å². The van der Waals surface area contributed by atoms with Crippen LogP contribution >= 0.6 is 0 Å². The van der Waals surface area contributed by atoms with Crippen LogP contribution in [-0.4, -0.2) is 30.7 Å². The van der Waals surface area contributed by atoms with E-state index in [4.69, 9.17) is 10.8 Å². The maximum absolute atomic E-state index is 10.2. The molecule has 0 aliphatic heterocycles. The Morgan fingerprint density at radius 3 is 1.35 bits per heavy atom. The molecule has 0 spiro atoms. The molecule has 5 nitrogen and oxygen atoms in total. The molecule has 20 heavy (non-hydrogen) atoms. The molecule has 0 aromatic heterocycles. The molecule has 0 radical (unpaired) electrons. The molecule has 0 aliphatic rings. The van der Waals surface area contributed by atoms with E-state index in [0.717, 1.165) is 25.8 Å². The van der Waals surface area contributed by atoms with Crippen LogP contribution in [0.2, 0.25) is 0 Å². The first-order valence-corrected chi connectivity index (χ1v) is 7.40. The molecule has 0 heterocycles. The predicted molar refractivity (Wildman–Crippen MR) is 84.8 cm³/mol. The number of nitrogens with two attached hydrogens (primary N) is 1. The average molecular weight is 293 g/mol. The summed E-state index contributed by atoms with van der Waals surface area (Å²) in [5.74, 6) is -0.833. The van der Waals surface area contributed by atoms with E-state index < -0.39 is 5.97 Å². The highest BCUT2D eigenvalue weighted by molar-refractivity contribution is 5.68. The molecular formula is C15H35NO4. The van der Waals surface area contributed by atoms with Crippen LogP contribution in [0, 0.1) is 0 Å². The maximum atomic E-state index is 10.2. The van der Waals surface area contributed by atoms with Crippen LogP contribution in [0.15, 0.2) is 0 Å². The molecule has 5 heteroatoms. The summed E-state index contributed by atoms with van der Waals surface area (Å²) in [5.41, 5.74) is 5.03. The van der Waals surface area contributed by atoms with Gasteiger partial charge in [0.25, 0.3) is 0 Å². The molecular weight excluding hydrogens is 258 g/mol. The van der Waals surface area contributed by atoms with E-state index in [9.17, 15) is 9.59 Å². The van der Waals surface area contributed by atoms with Crippen LogP contribution in [0.25, 0.3) is 0 Å². The second-order valence-corrected chi connectivity index (χ2v) is 3.97. The topological polar surface area (TPSA) is 89.6 Å². The van der Waals surface area contributed by atoms with E-state index >= 15 is 0 Å². The van der Waals surface area contributed by atoms with Gasteiger partial charge in [-0.1, -0.05) is 41.0 Å². The Kier molecular flexibility index (Phi) is 41.9. The number of esters is 1. The molecule has 0 aromatic rings. The van der Waals surface area contributed by atoms with E-state index in [0.29, 0.717) is 12.8 Å². The van der Waals surface area contributed by atoms with Crippen LogP contribution in [0.5, 0.6) is 0 Å². The number of ether oxygens (including phenoxy) is 1. The van der Waals surface area contributed by atoms with Crippen molar-refractivity contribution < 1.29 is 19.4 Å². The normalized spacial score (nSPS) is 7.75. The van der Waals surface area contributed by atoms with Crippen molar-refractivity contribution in [2.24, 2.45) is 5.73 Å². The molecule has 0 saturated heterocycles. The smallest absolute Gasteiger partial charge is 0.305 e. The van der Waals surface area contributed by atoms with Gasteiger partial charge in [0.2, 0.25) is 0 Å². The van der Waals surface area contributed by atoms with Gasteiger partial charge in [-0.05, 0) is 25.8 Å². The molecule has 124 valence electrons. The van der Waals surface area contributed by atoms with Gasteiger partial charge in [0.1, 0.15) is 0 Å². The van der Waals surface area contributed by atoms with Crippen molar-refractivity contribution >= 4 is 11.9 Å². The zero-order chi connectivity index (χ0) is 16.8. The zero-order valence-corrected chi connectivity index (χ0v) is 14.2. The Bertz CT molecular complexity index is 183. The third kappa shape index (κ3) is 68.5. The molecule has 0 aliphatic carbocycles. The van der Waals surface area contributed by atoms with Gasteiger partial charge in [0.15, 0.2) is 0 Å². The quantitative estimate of drug-likeness (QED) is 0.756. The molecule has 0 amide bonds. The van der Waals surface area contributed by atoms with Crippen LogP contribution in [0.3, 0.4) is 0 Å². The van der Waals surface area contributed by atoms with Crippen molar-refractivity contribution in [3.8, 4) is 0 Å². The highest BCUT2D eigenvalue weighted by atomic mass is 16.5. The van der Waals surface area contributed by atoms with Crippen LogP contribution < -0.4 is 5.73 Å². The molecule has 0 aromatic carbocycles. The monoisotopic (exact) mass is 293 g/mol. The van der Waals surface area contributed by atoms with E-state index in [1.165, 1.54) is 13.5 Å². The first kappa shape index (κ1) is 27.3. The van der Waals surface area contributed by atoms with Crippen LogP contribution in [0.4, 0.5) is 0 Å². The Balaban J connectivity index is -0.0000000899. The largest absolute Gasteiger partial charge is 0.481 e. The van der Waals surface area contributed by atoms with Crippen molar-refractivity contribution in [2.75, 3.05) is 13.7 Å². The summed E-state index contributed by atoms with van der Waals surface area (Å²) in [7, 11) is 1.40.